The second-order valence-electron chi connectivity index (χ2n) is 4.47. The van der Waals surface area contributed by atoms with Gasteiger partial charge in [-0.25, -0.2) is 9.37 Å². The van der Waals surface area contributed by atoms with E-state index in [1.54, 1.807) is 30.6 Å². The fourth-order valence-corrected chi connectivity index (χ4v) is 2.33. The zero-order chi connectivity index (χ0) is 14.8. The van der Waals surface area contributed by atoms with Gasteiger partial charge in [0.25, 0.3) is 5.56 Å². The summed E-state index contributed by atoms with van der Waals surface area (Å²) in [5.74, 6) is -0.283. The van der Waals surface area contributed by atoms with Gasteiger partial charge in [-0.1, -0.05) is 12.1 Å². The summed E-state index contributed by atoms with van der Waals surface area (Å²) in [6.45, 7) is 0. The van der Waals surface area contributed by atoms with Crippen molar-refractivity contribution in [2.75, 3.05) is 0 Å². The molecule has 2 heterocycles. The van der Waals surface area contributed by atoms with Gasteiger partial charge in [0.05, 0.1) is 11.9 Å². The van der Waals surface area contributed by atoms with Crippen LogP contribution in [0.25, 0.3) is 16.8 Å². The van der Waals surface area contributed by atoms with Crippen LogP contribution in [0.4, 0.5) is 4.39 Å². The van der Waals surface area contributed by atoms with Crippen molar-refractivity contribution < 1.29 is 4.39 Å². The molecule has 3 rings (SSSR count). The highest BCUT2D eigenvalue weighted by Crippen LogP contribution is 2.19. The van der Waals surface area contributed by atoms with Crippen LogP contribution >= 0.6 is 22.6 Å². The Morgan fingerprint density at radius 2 is 1.67 bits per heavy atom. The van der Waals surface area contributed by atoms with Crippen LogP contribution < -0.4 is 5.56 Å². The van der Waals surface area contributed by atoms with Crippen molar-refractivity contribution >= 4 is 22.6 Å². The molecule has 0 saturated heterocycles. The molecule has 104 valence electrons. The molecule has 3 nitrogen and oxygen atoms in total. The highest BCUT2D eigenvalue weighted by atomic mass is 127. The number of halogens is 2. The Bertz CT molecular complexity index is 826. The van der Waals surface area contributed by atoms with Crippen molar-refractivity contribution in [2.45, 2.75) is 0 Å². The maximum absolute atomic E-state index is 13.0. The van der Waals surface area contributed by atoms with E-state index in [1.807, 2.05) is 12.1 Å². The van der Waals surface area contributed by atoms with E-state index in [2.05, 4.69) is 27.6 Å². The number of pyridine rings is 2. The van der Waals surface area contributed by atoms with Gasteiger partial charge in [-0.2, -0.15) is 0 Å². The Morgan fingerprint density at radius 3 is 2.33 bits per heavy atom. The fourth-order valence-electron chi connectivity index (χ4n) is 2.01. The highest BCUT2D eigenvalue weighted by Gasteiger charge is 2.04. The first-order valence-electron chi connectivity index (χ1n) is 6.24. The van der Waals surface area contributed by atoms with E-state index >= 15 is 0 Å². The van der Waals surface area contributed by atoms with Gasteiger partial charge < -0.3 is 0 Å². The second kappa shape index (κ2) is 5.77. The molecule has 0 bridgehead atoms. The third-order valence-electron chi connectivity index (χ3n) is 3.08. The zero-order valence-electron chi connectivity index (χ0n) is 10.8. The lowest BCUT2D eigenvalue weighted by Crippen LogP contribution is -2.16. The molecule has 21 heavy (non-hydrogen) atoms. The molecule has 0 fully saturated rings. The summed E-state index contributed by atoms with van der Waals surface area (Å²) in [4.78, 5) is 16.2. The zero-order valence-corrected chi connectivity index (χ0v) is 13.0. The van der Waals surface area contributed by atoms with Crippen molar-refractivity contribution in [3.63, 3.8) is 0 Å². The number of hydrogen-bond acceptors (Lipinski definition) is 2. The molecule has 2 aromatic heterocycles. The Hall–Kier alpha value is -2.02. The molecule has 3 aromatic rings. The molecule has 0 N–H and O–H groups in total. The molecule has 5 heteroatoms. The molecule has 0 unspecified atom stereocenters. The fraction of sp³-hybridized carbons (Fsp3) is 0. The van der Waals surface area contributed by atoms with E-state index in [4.69, 9.17) is 0 Å². The number of hydrogen-bond donors (Lipinski definition) is 0. The van der Waals surface area contributed by atoms with Gasteiger partial charge in [-0.15, -0.1) is 0 Å². The Kier molecular flexibility index (Phi) is 3.83. The lowest BCUT2D eigenvalue weighted by atomic mass is 10.1. The van der Waals surface area contributed by atoms with E-state index < -0.39 is 0 Å². The summed E-state index contributed by atoms with van der Waals surface area (Å²) in [5, 5.41) is 0. The predicted octanol–water partition coefficient (Wildman–Crippen LogP) is 3.64. The minimum atomic E-state index is -0.283. The molecule has 0 spiro atoms. The average molecular weight is 392 g/mol. The first kappa shape index (κ1) is 13.9. The van der Waals surface area contributed by atoms with Crippen LogP contribution in [-0.2, 0) is 0 Å². The number of rotatable bonds is 2. The SMILES string of the molecule is O=c1ccc(-c2ccc(F)cc2)cn1-c1ccc(I)nc1. The lowest BCUT2D eigenvalue weighted by molar-refractivity contribution is 0.628. The minimum absolute atomic E-state index is 0.135. The molecular formula is C16H10FIN2O. The van der Waals surface area contributed by atoms with Crippen LogP contribution in [0.5, 0.6) is 0 Å². The molecule has 0 aliphatic heterocycles. The summed E-state index contributed by atoms with van der Waals surface area (Å²) >= 11 is 2.11. The molecule has 0 amide bonds. The molecule has 0 aliphatic carbocycles. The third-order valence-corrected chi connectivity index (χ3v) is 3.72. The van der Waals surface area contributed by atoms with Crippen LogP contribution in [0.15, 0.2) is 65.7 Å². The Labute approximate surface area is 134 Å². The summed E-state index contributed by atoms with van der Waals surface area (Å²) in [5.41, 5.74) is 2.25. The van der Waals surface area contributed by atoms with E-state index in [0.717, 1.165) is 14.8 Å². The van der Waals surface area contributed by atoms with Gasteiger partial charge in [-0.3, -0.25) is 9.36 Å². The van der Waals surface area contributed by atoms with Gasteiger partial charge in [0.2, 0.25) is 0 Å². The number of benzene rings is 1. The van der Waals surface area contributed by atoms with Crippen LogP contribution in [0.3, 0.4) is 0 Å². The maximum Gasteiger partial charge on any atom is 0.255 e. The van der Waals surface area contributed by atoms with Crippen molar-refractivity contribution in [1.29, 1.82) is 0 Å². The van der Waals surface area contributed by atoms with Gasteiger partial charge in [0.15, 0.2) is 0 Å². The van der Waals surface area contributed by atoms with E-state index in [1.165, 1.54) is 22.8 Å². The Balaban J connectivity index is 2.10. The standard InChI is InChI=1S/C16H10FIN2O/c17-13-4-1-11(2-5-13)12-3-8-16(21)20(10-12)14-6-7-15(18)19-9-14/h1-10H. The monoisotopic (exact) mass is 392 g/mol. The molecular weight excluding hydrogens is 382 g/mol. The van der Waals surface area contributed by atoms with Crippen LogP contribution in [0, 0.1) is 9.52 Å². The van der Waals surface area contributed by atoms with Crippen molar-refractivity contribution in [1.82, 2.24) is 9.55 Å². The van der Waals surface area contributed by atoms with Crippen LogP contribution in [-0.4, -0.2) is 9.55 Å². The minimum Gasteiger partial charge on any atom is -0.282 e. The highest BCUT2D eigenvalue weighted by molar-refractivity contribution is 14.1. The summed E-state index contributed by atoms with van der Waals surface area (Å²) in [6, 6.07) is 13.1. The van der Waals surface area contributed by atoms with Crippen molar-refractivity contribution in [3.8, 4) is 16.8 Å². The normalized spacial score (nSPS) is 10.6. The summed E-state index contributed by atoms with van der Waals surface area (Å²) in [6.07, 6.45) is 3.39. The van der Waals surface area contributed by atoms with Gasteiger partial charge in [0.1, 0.15) is 9.52 Å². The van der Waals surface area contributed by atoms with Gasteiger partial charge >= 0.3 is 0 Å². The first-order valence-corrected chi connectivity index (χ1v) is 7.32. The largest absolute Gasteiger partial charge is 0.282 e. The molecule has 0 radical (unpaired) electrons. The van der Waals surface area contributed by atoms with Gasteiger partial charge in [0, 0.05) is 12.3 Å². The quantitative estimate of drug-likeness (QED) is 0.493. The van der Waals surface area contributed by atoms with Crippen LogP contribution in [0.1, 0.15) is 0 Å². The topological polar surface area (TPSA) is 34.9 Å². The lowest BCUT2D eigenvalue weighted by Gasteiger charge is -2.08. The number of aromatic nitrogens is 2. The van der Waals surface area contributed by atoms with Crippen LogP contribution in [0.2, 0.25) is 0 Å². The van der Waals surface area contributed by atoms with Gasteiger partial charge in [-0.05, 0) is 64.0 Å². The maximum atomic E-state index is 13.0. The first-order chi connectivity index (χ1) is 10.1. The Morgan fingerprint density at radius 1 is 0.952 bits per heavy atom. The summed E-state index contributed by atoms with van der Waals surface area (Å²) < 4.78 is 15.4. The van der Waals surface area contributed by atoms with E-state index in [9.17, 15) is 9.18 Å². The van der Waals surface area contributed by atoms with E-state index in [-0.39, 0.29) is 11.4 Å². The second-order valence-corrected chi connectivity index (χ2v) is 5.58. The molecule has 1 aromatic carbocycles. The average Bonchev–Trinajstić information content (AvgIpc) is 2.50. The predicted molar refractivity (Wildman–Crippen MR) is 87.9 cm³/mol. The van der Waals surface area contributed by atoms with Crippen molar-refractivity contribution in [3.05, 3.63) is 80.8 Å². The smallest absolute Gasteiger partial charge is 0.255 e. The molecule has 0 saturated carbocycles. The molecule has 0 aliphatic rings. The number of nitrogens with zero attached hydrogens (tertiary/aromatic N) is 2. The van der Waals surface area contributed by atoms with E-state index in [0.29, 0.717) is 5.69 Å². The van der Waals surface area contributed by atoms with Crippen molar-refractivity contribution in [2.24, 2.45) is 0 Å². The molecule has 0 atom stereocenters. The summed E-state index contributed by atoms with van der Waals surface area (Å²) in [7, 11) is 0. The third kappa shape index (κ3) is 3.02.